The number of aliphatic hydroxyl groups excluding tert-OH is 2. The molecular weight excluding hydrogens is 390 g/mol. The van der Waals surface area contributed by atoms with E-state index in [1.807, 2.05) is 25.1 Å². The van der Waals surface area contributed by atoms with Crippen molar-refractivity contribution < 1.29 is 15.0 Å². The lowest BCUT2D eigenvalue weighted by Crippen LogP contribution is -2.22. The third kappa shape index (κ3) is 6.92. The monoisotopic (exact) mass is 423 g/mol. The topological polar surface area (TPSA) is 79.5 Å². The summed E-state index contributed by atoms with van der Waals surface area (Å²) in [5.74, 6) is 0. The van der Waals surface area contributed by atoms with Gasteiger partial charge in [0.05, 0.1) is 0 Å². The van der Waals surface area contributed by atoms with Crippen molar-refractivity contribution in [1.29, 1.82) is 0 Å². The van der Waals surface area contributed by atoms with Crippen LogP contribution >= 0.6 is 0 Å². The highest BCUT2D eigenvalue weighted by Gasteiger charge is 2.16. The van der Waals surface area contributed by atoms with Gasteiger partial charge in [-0.2, -0.15) is 0 Å². The lowest BCUT2D eigenvalue weighted by molar-refractivity contribution is -0.107. The Balaban J connectivity index is 0.00000116. The summed E-state index contributed by atoms with van der Waals surface area (Å²) in [5.41, 5.74) is 5.08. The van der Waals surface area contributed by atoms with Crippen molar-refractivity contribution in [3.8, 4) is 24.0 Å². The van der Waals surface area contributed by atoms with E-state index in [4.69, 9.17) is 10.2 Å². The number of aliphatic hydroxyl groups is 2. The predicted octanol–water partition coefficient (Wildman–Crippen LogP) is 3.67. The van der Waals surface area contributed by atoms with Crippen LogP contribution in [0.5, 0.6) is 0 Å². The Bertz CT molecular complexity index is 1030. The zero-order valence-electron chi connectivity index (χ0n) is 19.1. The molecule has 0 aliphatic carbocycles. The van der Waals surface area contributed by atoms with Crippen LogP contribution in [0.4, 0.5) is 0 Å². The molecule has 0 amide bonds. The van der Waals surface area contributed by atoms with E-state index >= 15 is 0 Å². The summed E-state index contributed by atoms with van der Waals surface area (Å²) in [4.78, 5) is 23.9. The second-order valence-corrected chi connectivity index (χ2v) is 6.47. The number of aromatic nitrogens is 1. The van der Waals surface area contributed by atoms with Gasteiger partial charge in [0.25, 0.3) is 5.56 Å². The zero-order valence-corrected chi connectivity index (χ0v) is 19.1. The van der Waals surface area contributed by atoms with Crippen LogP contribution in [0.3, 0.4) is 0 Å². The minimum Gasteiger partial charge on any atom is -0.400 e. The quantitative estimate of drug-likeness (QED) is 0.496. The average molecular weight is 424 g/mol. The van der Waals surface area contributed by atoms with Crippen molar-refractivity contribution in [2.45, 2.75) is 33.6 Å². The molecule has 0 radical (unpaired) electrons. The van der Waals surface area contributed by atoms with Gasteiger partial charge in [-0.1, -0.05) is 48.9 Å². The maximum atomic E-state index is 12.7. The highest BCUT2D eigenvalue weighted by atomic mass is 16.2. The summed E-state index contributed by atoms with van der Waals surface area (Å²) in [6, 6.07) is 14.2. The van der Waals surface area contributed by atoms with E-state index in [0.717, 1.165) is 47.6 Å². The first-order chi connectivity index (χ1) is 15.0. The van der Waals surface area contributed by atoms with Gasteiger partial charge in [0.15, 0.2) is 0 Å². The van der Waals surface area contributed by atoms with Gasteiger partial charge >= 0.3 is 0 Å². The van der Waals surface area contributed by atoms with Crippen molar-refractivity contribution in [2.24, 2.45) is 7.05 Å². The van der Waals surface area contributed by atoms with Crippen LogP contribution in [0.15, 0.2) is 47.3 Å². The lowest BCUT2D eigenvalue weighted by Gasteiger charge is -2.17. The van der Waals surface area contributed by atoms with Gasteiger partial charge in [0.1, 0.15) is 6.29 Å². The number of carbonyl (C=O) groups is 1. The number of aldehydes is 1. The summed E-state index contributed by atoms with van der Waals surface area (Å²) in [6.45, 7) is 6.07. The van der Waals surface area contributed by atoms with Crippen LogP contribution < -0.4 is 5.56 Å². The summed E-state index contributed by atoms with van der Waals surface area (Å²) in [5, 5.41) is 16.2. The highest BCUT2D eigenvalue weighted by Crippen LogP contribution is 2.31. The summed E-state index contributed by atoms with van der Waals surface area (Å²) >= 11 is 0. The van der Waals surface area contributed by atoms with E-state index in [1.165, 1.54) is 5.56 Å². The van der Waals surface area contributed by atoms with E-state index in [0.29, 0.717) is 5.39 Å². The molecule has 5 heteroatoms. The van der Waals surface area contributed by atoms with Crippen molar-refractivity contribution in [3.05, 3.63) is 69.6 Å². The molecule has 0 atom stereocenters. The molecule has 0 aliphatic rings. The van der Waals surface area contributed by atoms with Crippen molar-refractivity contribution in [2.75, 3.05) is 13.7 Å². The van der Waals surface area contributed by atoms with Gasteiger partial charge in [0.2, 0.25) is 0 Å². The molecule has 3 aromatic rings. The average Bonchev–Trinajstić information content (AvgIpc) is 2.81. The van der Waals surface area contributed by atoms with Gasteiger partial charge in [-0.15, -0.1) is 12.8 Å². The third-order valence-electron chi connectivity index (χ3n) is 4.60. The Morgan fingerprint density at radius 1 is 1.00 bits per heavy atom. The molecule has 2 aromatic carbocycles. The number of carbonyl (C=O) groups excluding carboxylic acids is 1. The fraction of sp³-hybridized carbons (Fsp3) is 0.308. The Labute approximate surface area is 185 Å². The first-order valence-corrected chi connectivity index (χ1v) is 10.0. The molecule has 0 unspecified atom stereocenters. The molecule has 3 rings (SSSR count). The Morgan fingerprint density at radius 3 is 2.03 bits per heavy atom. The largest absolute Gasteiger partial charge is 0.400 e. The number of pyridine rings is 1. The molecule has 2 N–H and O–H groups in total. The molecule has 1 heterocycles. The second-order valence-electron chi connectivity index (χ2n) is 6.47. The van der Waals surface area contributed by atoms with E-state index in [9.17, 15) is 9.59 Å². The minimum atomic E-state index is -0.0595. The van der Waals surface area contributed by atoms with Crippen LogP contribution in [0.2, 0.25) is 0 Å². The van der Waals surface area contributed by atoms with Crippen molar-refractivity contribution in [1.82, 2.24) is 4.57 Å². The molecule has 0 saturated heterocycles. The summed E-state index contributed by atoms with van der Waals surface area (Å²) in [7, 11) is 2.74. The van der Waals surface area contributed by atoms with E-state index in [-0.39, 0.29) is 18.6 Å². The number of terminal acetylenes is 1. The number of hydrogen-bond donors (Lipinski definition) is 2. The normalized spacial score (nSPS) is 9.32. The fourth-order valence-electron chi connectivity index (χ4n) is 3.22. The molecule has 0 spiro atoms. The molecule has 0 bridgehead atoms. The van der Waals surface area contributed by atoms with E-state index in [2.05, 4.69) is 44.0 Å². The van der Waals surface area contributed by atoms with Crippen LogP contribution in [-0.4, -0.2) is 34.8 Å². The maximum Gasteiger partial charge on any atom is 0.258 e. The number of benzene rings is 2. The van der Waals surface area contributed by atoms with Crippen LogP contribution in [0, 0.1) is 19.8 Å². The Hall–Kier alpha value is -3.20. The lowest BCUT2D eigenvalue weighted by atomic mass is 9.94. The highest BCUT2D eigenvalue weighted by molar-refractivity contribution is 5.98. The number of nitrogens with zero attached hydrogens (tertiary/aromatic N) is 1. The molecule has 1 aromatic heterocycles. The van der Waals surface area contributed by atoms with E-state index < -0.39 is 0 Å². The number of fused-ring (bicyclic) bond motifs is 1. The van der Waals surface area contributed by atoms with Gasteiger partial charge in [0, 0.05) is 43.8 Å². The summed E-state index contributed by atoms with van der Waals surface area (Å²) in [6.07, 6.45) is 10.1. The Morgan fingerprint density at radius 2 is 1.55 bits per heavy atom. The Kier molecular flexibility index (Phi) is 13.2. The van der Waals surface area contributed by atoms with Crippen molar-refractivity contribution >= 4 is 17.1 Å². The number of hydrogen-bond acceptors (Lipinski definition) is 4. The van der Waals surface area contributed by atoms with Crippen LogP contribution in [0.25, 0.3) is 21.9 Å². The third-order valence-corrected chi connectivity index (χ3v) is 4.60. The molecule has 166 valence electrons. The molecular formula is C26H33NO4. The molecule has 5 nitrogen and oxygen atoms in total. The SMILES string of the molecule is C#C.CCO.CCc1ccc(-c2c(CC=O)n(C)c(=O)c3ccc(C)cc23)cc1.CO. The predicted molar refractivity (Wildman–Crippen MR) is 129 cm³/mol. The van der Waals surface area contributed by atoms with Gasteiger partial charge in [-0.05, 0) is 42.8 Å². The van der Waals surface area contributed by atoms with Crippen LogP contribution in [-0.2, 0) is 24.7 Å². The van der Waals surface area contributed by atoms with Gasteiger partial charge < -0.3 is 19.6 Å². The summed E-state index contributed by atoms with van der Waals surface area (Å²) < 4.78 is 1.61. The van der Waals surface area contributed by atoms with Crippen LogP contribution in [0.1, 0.15) is 30.7 Å². The minimum absolute atomic E-state index is 0.0595. The van der Waals surface area contributed by atoms with Gasteiger partial charge in [-0.25, -0.2) is 0 Å². The zero-order chi connectivity index (χ0) is 24.0. The van der Waals surface area contributed by atoms with E-state index in [1.54, 1.807) is 18.5 Å². The fourth-order valence-corrected chi connectivity index (χ4v) is 3.22. The number of rotatable bonds is 4. The molecule has 0 fully saturated rings. The standard InChI is InChI=1S/C21H21NO2.C2H6O.C2H2.CH4O/c1-4-15-6-8-16(9-7-15)20-18-13-14(2)5-10-17(18)21(24)22(3)19(20)11-12-23;1-2-3;2*1-2/h5-10,12-13H,4,11H2,1-3H3;3H,2H2,1H3;1-2H;2H,1H3. The maximum absolute atomic E-state index is 12.7. The molecule has 0 saturated carbocycles. The van der Waals surface area contributed by atoms with Gasteiger partial charge in [-0.3, -0.25) is 4.79 Å². The number of aryl methyl sites for hydroxylation is 2. The second kappa shape index (κ2) is 14.7. The first-order valence-electron chi connectivity index (χ1n) is 10.0. The molecule has 0 aliphatic heterocycles. The smallest absolute Gasteiger partial charge is 0.258 e. The van der Waals surface area contributed by atoms with Crippen molar-refractivity contribution in [3.63, 3.8) is 0 Å². The first kappa shape index (κ1) is 27.8. The molecule has 31 heavy (non-hydrogen) atoms.